The molecule has 24 heavy (non-hydrogen) atoms. The van der Waals surface area contributed by atoms with Crippen LogP contribution in [-0.2, 0) is 6.54 Å². The van der Waals surface area contributed by atoms with E-state index >= 15 is 0 Å². The van der Waals surface area contributed by atoms with Crippen molar-refractivity contribution in [1.82, 2.24) is 20.6 Å². The number of nitrogens with zero attached hydrogens (tertiary/aromatic N) is 2. The molecular formula is C15H17Cl2N5O2. The minimum Gasteiger partial charge on any atom is -0.481 e. The van der Waals surface area contributed by atoms with Crippen LogP contribution >= 0.6 is 23.2 Å². The second kappa shape index (κ2) is 9.14. The van der Waals surface area contributed by atoms with Crippen LogP contribution in [0.2, 0.25) is 10.0 Å². The standard InChI is InChI=1S/C15H17Cl2N5O2/c1-24-14-10(3-2-4-19-14)8-22-15(23)20-6-5-18-13-12(17)7-11(16)9-21-13/h2-4,7,9H,5-6,8H2,1H3,(H,18,21)(H2,20,22,23). The maximum atomic E-state index is 11.8. The number of carbonyl (C=O) groups excluding carboxylic acids is 1. The molecule has 2 aromatic heterocycles. The fourth-order valence-electron chi connectivity index (χ4n) is 1.88. The SMILES string of the molecule is COc1ncccc1CNC(=O)NCCNc1ncc(Cl)cc1Cl. The van der Waals surface area contributed by atoms with Gasteiger partial charge in [-0.1, -0.05) is 29.3 Å². The lowest BCUT2D eigenvalue weighted by atomic mass is 10.3. The molecule has 2 aromatic rings. The van der Waals surface area contributed by atoms with Crippen molar-refractivity contribution in [2.45, 2.75) is 6.54 Å². The summed E-state index contributed by atoms with van der Waals surface area (Å²) in [6, 6.07) is 4.92. The Balaban J connectivity index is 1.70. The Morgan fingerprint density at radius 3 is 2.83 bits per heavy atom. The van der Waals surface area contributed by atoms with Crippen molar-refractivity contribution >= 4 is 35.1 Å². The van der Waals surface area contributed by atoms with Gasteiger partial charge in [0.25, 0.3) is 0 Å². The Bertz CT molecular complexity index is 699. The first-order valence-corrected chi connectivity index (χ1v) is 7.90. The van der Waals surface area contributed by atoms with Gasteiger partial charge in [-0.25, -0.2) is 14.8 Å². The Morgan fingerprint density at radius 2 is 2.08 bits per heavy atom. The van der Waals surface area contributed by atoms with E-state index in [1.807, 2.05) is 6.07 Å². The second-order valence-electron chi connectivity index (χ2n) is 4.69. The van der Waals surface area contributed by atoms with Crippen LogP contribution in [0.4, 0.5) is 10.6 Å². The van der Waals surface area contributed by atoms with Gasteiger partial charge in [-0.2, -0.15) is 0 Å². The number of hydrogen-bond acceptors (Lipinski definition) is 5. The van der Waals surface area contributed by atoms with E-state index in [0.29, 0.717) is 41.4 Å². The Hall–Kier alpha value is -2.25. The molecule has 0 fully saturated rings. The minimum absolute atomic E-state index is 0.294. The molecule has 2 rings (SSSR count). The maximum absolute atomic E-state index is 11.8. The summed E-state index contributed by atoms with van der Waals surface area (Å²) < 4.78 is 5.12. The van der Waals surface area contributed by atoms with Crippen molar-refractivity contribution in [3.05, 3.63) is 46.2 Å². The largest absolute Gasteiger partial charge is 0.481 e. The summed E-state index contributed by atoms with van der Waals surface area (Å²) in [4.78, 5) is 19.9. The lowest BCUT2D eigenvalue weighted by molar-refractivity contribution is 0.240. The minimum atomic E-state index is -0.294. The zero-order valence-corrected chi connectivity index (χ0v) is 14.5. The number of aromatic nitrogens is 2. The third kappa shape index (κ3) is 5.43. The molecule has 0 unspecified atom stereocenters. The zero-order chi connectivity index (χ0) is 17.4. The summed E-state index contributed by atoms with van der Waals surface area (Å²) >= 11 is 11.8. The fraction of sp³-hybridized carbons (Fsp3) is 0.267. The van der Waals surface area contributed by atoms with E-state index in [2.05, 4.69) is 25.9 Å². The first-order chi connectivity index (χ1) is 11.6. The normalized spacial score (nSPS) is 10.1. The summed E-state index contributed by atoms with van der Waals surface area (Å²) in [5.74, 6) is 1.01. The van der Waals surface area contributed by atoms with E-state index in [1.165, 1.54) is 13.3 Å². The molecule has 0 atom stereocenters. The topological polar surface area (TPSA) is 88.2 Å². The molecule has 7 nitrogen and oxygen atoms in total. The molecule has 2 heterocycles. The Labute approximate surface area is 149 Å². The van der Waals surface area contributed by atoms with Gasteiger partial charge in [-0.3, -0.25) is 0 Å². The van der Waals surface area contributed by atoms with Crippen LogP contribution in [0.1, 0.15) is 5.56 Å². The Morgan fingerprint density at radius 1 is 1.25 bits per heavy atom. The van der Waals surface area contributed by atoms with Crippen LogP contribution in [0, 0.1) is 0 Å². The third-order valence-electron chi connectivity index (χ3n) is 2.99. The van der Waals surface area contributed by atoms with Crippen molar-refractivity contribution in [3.8, 4) is 5.88 Å². The average Bonchev–Trinajstić information content (AvgIpc) is 2.58. The number of ether oxygens (including phenoxy) is 1. The van der Waals surface area contributed by atoms with Gasteiger partial charge in [0.05, 0.1) is 17.2 Å². The quantitative estimate of drug-likeness (QED) is 0.653. The number of carbonyl (C=O) groups is 1. The molecule has 0 aliphatic heterocycles. The van der Waals surface area contributed by atoms with E-state index in [0.717, 1.165) is 5.56 Å². The van der Waals surface area contributed by atoms with Crippen molar-refractivity contribution in [3.63, 3.8) is 0 Å². The van der Waals surface area contributed by atoms with Crippen LogP contribution in [0.25, 0.3) is 0 Å². The Kier molecular flexibility index (Phi) is 6.89. The highest BCUT2D eigenvalue weighted by molar-refractivity contribution is 6.35. The smallest absolute Gasteiger partial charge is 0.315 e. The molecule has 0 aliphatic rings. The highest BCUT2D eigenvalue weighted by atomic mass is 35.5. The van der Waals surface area contributed by atoms with Gasteiger partial charge in [-0.05, 0) is 12.1 Å². The van der Waals surface area contributed by atoms with Crippen molar-refractivity contribution < 1.29 is 9.53 Å². The predicted octanol–water partition coefficient (Wildman–Crippen LogP) is 2.70. The number of methoxy groups -OCH3 is 1. The molecule has 0 aliphatic carbocycles. The molecule has 3 N–H and O–H groups in total. The highest BCUT2D eigenvalue weighted by Gasteiger charge is 2.06. The number of amides is 2. The van der Waals surface area contributed by atoms with Gasteiger partial charge >= 0.3 is 6.03 Å². The van der Waals surface area contributed by atoms with E-state index in [-0.39, 0.29) is 6.03 Å². The van der Waals surface area contributed by atoms with Crippen molar-refractivity contribution in [2.75, 3.05) is 25.5 Å². The van der Waals surface area contributed by atoms with Gasteiger partial charge in [0, 0.05) is 37.6 Å². The average molecular weight is 370 g/mol. The van der Waals surface area contributed by atoms with E-state index < -0.39 is 0 Å². The summed E-state index contributed by atoms with van der Waals surface area (Å²) in [7, 11) is 1.54. The van der Waals surface area contributed by atoms with Gasteiger partial charge in [0.15, 0.2) is 0 Å². The van der Waals surface area contributed by atoms with E-state index in [4.69, 9.17) is 27.9 Å². The summed E-state index contributed by atoms with van der Waals surface area (Å²) in [5.41, 5.74) is 0.797. The number of rotatable bonds is 7. The predicted molar refractivity (Wildman–Crippen MR) is 93.8 cm³/mol. The lowest BCUT2D eigenvalue weighted by Crippen LogP contribution is -2.37. The first-order valence-electron chi connectivity index (χ1n) is 7.14. The number of anilines is 1. The van der Waals surface area contributed by atoms with Gasteiger partial charge in [0.1, 0.15) is 5.82 Å². The highest BCUT2D eigenvalue weighted by Crippen LogP contribution is 2.21. The third-order valence-corrected chi connectivity index (χ3v) is 3.49. The summed E-state index contributed by atoms with van der Waals surface area (Å²) in [6.45, 7) is 1.19. The number of urea groups is 1. The molecule has 0 spiro atoms. The second-order valence-corrected chi connectivity index (χ2v) is 5.54. The monoisotopic (exact) mass is 369 g/mol. The molecule has 2 amide bonds. The van der Waals surface area contributed by atoms with E-state index in [9.17, 15) is 4.79 Å². The van der Waals surface area contributed by atoms with Crippen LogP contribution < -0.4 is 20.7 Å². The van der Waals surface area contributed by atoms with Crippen LogP contribution in [0.3, 0.4) is 0 Å². The first kappa shape index (κ1) is 18.1. The molecule has 0 saturated heterocycles. The molecule has 0 aromatic carbocycles. The van der Waals surface area contributed by atoms with Gasteiger partial charge in [0.2, 0.25) is 5.88 Å². The van der Waals surface area contributed by atoms with Crippen LogP contribution in [0.5, 0.6) is 5.88 Å². The lowest BCUT2D eigenvalue weighted by Gasteiger charge is -2.11. The van der Waals surface area contributed by atoms with Crippen LogP contribution in [-0.4, -0.2) is 36.2 Å². The maximum Gasteiger partial charge on any atom is 0.315 e. The molecule has 128 valence electrons. The molecule has 0 radical (unpaired) electrons. The molecule has 9 heteroatoms. The van der Waals surface area contributed by atoms with Crippen molar-refractivity contribution in [2.24, 2.45) is 0 Å². The number of pyridine rings is 2. The summed E-state index contributed by atoms with van der Waals surface area (Å²) in [6.07, 6.45) is 3.13. The number of nitrogens with one attached hydrogen (secondary N) is 3. The van der Waals surface area contributed by atoms with Gasteiger partial charge in [-0.15, -0.1) is 0 Å². The fourth-order valence-corrected chi connectivity index (χ4v) is 2.33. The molecule has 0 saturated carbocycles. The molecular weight excluding hydrogens is 353 g/mol. The summed E-state index contributed by atoms with van der Waals surface area (Å²) in [5, 5.41) is 9.36. The van der Waals surface area contributed by atoms with Gasteiger partial charge < -0.3 is 20.7 Å². The van der Waals surface area contributed by atoms with Crippen LogP contribution in [0.15, 0.2) is 30.6 Å². The number of halogens is 2. The molecule has 0 bridgehead atoms. The zero-order valence-electron chi connectivity index (χ0n) is 13.0. The van der Waals surface area contributed by atoms with Crippen molar-refractivity contribution in [1.29, 1.82) is 0 Å². The van der Waals surface area contributed by atoms with E-state index in [1.54, 1.807) is 18.3 Å². The number of hydrogen-bond donors (Lipinski definition) is 3.